The fourth-order valence-corrected chi connectivity index (χ4v) is 4.26. The molecule has 2 saturated heterocycles. The first kappa shape index (κ1) is 13.9. The summed E-state index contributed by atoms with van der Waals surface area (Å²) in [7, 11) is 0. The predicted molar refractivity (Wildman–Crippen MR) is 78.2 cm³/mol. The number of imidazole rings is 1. The van der Waals surface area contributed by atoms with E-state index < -0.39 is 5.97 Å². The van der Waals surface area contributed by atoms with Crippen molar-refractivity contribution < 1.29 is 9.90 Å². The molecular formula is C14H21N3O2S. The summed E-state index contributed by atoms with van der Waals surface area (Å²) in [5.74, 6) is -0.702. The first-order valence-electron chi connectivity index (χ1n) is 7.27. The van der Waals surface area contributed by atoms with Crippen molar-refractivity contribution in [3.63, 3.8) is 0 Å². The van der Waals surface area contributed by atoms with Gasteiger partial charge in [-0.1, -0.05) is 11.8 Å². The van der Waals surface area contributed by atoms with Gasteiger partial charge < -0.3 is 14.6 Å². The molecule has 2 unspecified atom stereocenters. The van der Waals surface area contributed by atoms with Gasteiger partial charge in [0.25, 0.3) is 0 Å². The molecule has 3 heterocycles. The Morgan fingerprint density at radius 3 is 3.10 bits per heavy atom. The number of rotatable bonds is 4. The molecule has 20 heavy (non-hydrogen) atoms. The number of fused-ring (bicyclic) bond motifs is 1. The highest BCUT2D eigenvalue weighted by Crippen LogP contribution is 2.35. The molecule has 0 radical (unpaired) electrons. The van der Waals surface area contributed by atoms with Crippen molar-refractivity contribution >= 4 is 17.7 Å². The van der Waals surface area contributed by atoms with Gasteiger partial charge in [-0.3, -0.25) is 4.79 Å². The Morgan fingerprint density at radius 1 is 1.45 bits per heavy atom. The van der Waals surface area contributed by atoms with Gasteiger partial charge in [0.1, 0.15) is 0 Å². The van der Waals surface area contributed by atoms with Crippen LogP contribution in [0.3, 0.4) is 0 Å². The van der Waals surface area contributed by atoms with E-state index in [1.54, 1.807) is 0 Å². The van der Waals surface area contributed by atoms with Crippen LogP contribution in [0.25, 0.3) is 0 Å². The lowest BCUT2D eigenvalue weighted by atomic mass is 9.97. The Bertz CT molecular complexity index is 503. The van der Waals surface area contributed by atoms with Gasteiger partial charge in [-0.25, -0.2) is 4.98 Å². The molecule has 110 valence electrons. The van der Waals surface area contributed by atoms with Gasteiger partial charge in [-0.05, 0) is 39.2 Å². The molecule has 2 fully saturated rings. The monoisotopic (exact) mass is 295 g/mol. The Morgan fingerprint density at radius 2 is 2.30 bits per heavy atom. The number of nitrogens with zero attached hydrogens (tertiary/aromatic N) is 3. The Labute approximate surface area is 123 Å². The van der Waals surface area contributed by atoms with E-state index in [4.69, 9.17) is 5.11 Å². The molecule has 1 aromatic heterocycles. The molecule has 6 heteroatoms. The molecule has 2 aliphatic rings. The Kier molecular flexibility index (Phi) is 4.03. The quantitative estimate of drug-likeness (QED) is 0.863. The maximum atomic E-state index is 10.8. The zero-order valence-electron chi connectivity index (χ0n) is 11.8. The SMILES string of the molecule is Cc1cn(C2CCN3CCCC3C2)c(SCC(=O)O)n1. The summed E-state index contributed by atoms with van der Waals surface area (Å²) in [6, 6.07) is 1.20. The summed E-state index contributed by atoms with van der Waals surface area (Å²) in [5.41, 5.74) is 0.978. The van der Waals surface area contributed by atoms with Gasteiger partial charge in [0.15, 0.2) is 5.16 Å². The van der Waals surface area contributed by atoms with Crippen molar-refractivity contribution in [2.45, 2.75) is 49.8 Å². The van der Waals surface area contributed by atoms with Crippen molar-refractivity contribution in [2.75, 3.05) is 18.8 Å². The normalized spacial score (nSPS) is 26.6. The molecule has 1 N–H and O–H groups in total. The summed E-state index contributed by atoms with van der Waals surface area (Å²) < 4.78 is 2.22. The van der Waals surface area contributed by atoms with Gasteiger partial charge in [-0.2, -0.15) is 0 Å². The van der Waals surface area contributed by atoms with Gasteiger partial charge in [0.05, 0.1) is 11.4 Å². The molecule has 3 rings (SSSR count). The van der Waals surface area contributed by atoms with E-state index >= 15 is 0 Å². The minimum Gasteiger partial charge on any atom is -0.481 e. The van der Waals surface area contributed by atoms with Crippen molar-refractivity contribution in [3.8, 4) is 0 Å². The van der Waals surface area contributed by atoms with Crippen LogP contribution in [0.4, 0.5) is 0 Å². The standard InChI is InChI=1S/C14H21N3O2S/c1-10-8-17(14(15-10)20-9-13(18)19)12-4-6-16-5-2-3-11(16)7-12/h8,11-12H,2-7,9H2,1H3,(H,18,19). The fourth-order valence-electron chi connectivity index (χ4n) is 3.44. The van der Waals surface area contributed by atoms with Crippen molar-refractivity contribution in [3.05, 3.63) is 11.9 Å². The van der Waals surface area contributed by atoms with Crippen LogP contribution in [0.1, 0.15) is 37.4 Å². The summed E-state index contributed by atoms with van der Waals surface area (Å²) in [4.78, 5) is 17.8. The maximum absolute atomic E-state index is 10.8. The molecule has 0 spiro atoms. The smallest absolute Gasteiger partial charge is 0.313 e. The molecule has 0 saturated carbocycles. The molecule has 1 aromatic rings. The number of hydrogen-bond donors (Lipinski definition) is 1. The number of aromatic nitrogens is 2. The summed E-state index contributed by atoms with van der Waals surface area (Å²) in [6.07, 6.45) is 7.03. The number of aliphatic carboxylic acids is 1. The van der Waals surface area contributed by atoms with E-state index in [1.165, 1.54) is 37.6 Å². The highest BCUT2D eigenvalue weighted by Gasteiger charge is 2.33. The molecule has 0 aromatic carbocycles. The van der Waals surface area contributed by atoms with E-state index in [0.717, 1.165) is 23.8 Å². The zero-order chi connectivity index (χ0) is 14.1. The maximum Gasteiger partial charge on any atom is 0.313 e. The molecule has 2 atom stereocenters. The minimum atomic E-state index is -0.784. The van der Waals surface area contributed by atoms with Crippen LogP contribution in [0.5, 0.6) is 0 Å². The summed E-state index contributed by atoms with van der Waals surface area (Å²) in [6.45, 7) is 4.39. The lowest BCUT2D eigenvalue weighted by Gasteiger charge is -2.35. The van der Waals surface area contributed by atoms with E-state index in [2.05, 4.69) is 20.6 Å². The van der Waals surface area contributed by atoms with Gasteiger partial charge in [-0.15, -0.1) is 0 Å². The van der Waals surface area contributed by atoms with Crippen LogP contribution < -0.4 is 0 Å². The van der Waals surface area contributed by atoms with E-state index in [1.807, 2.05) is 6.92 Å². The number of hydrogen-bond acceptors (Lipinski definition) is 4. The van der Waals surface area contributed by atoms with Crippen LogP contribution in [0, 0.1) is 6.92 Å². The zero-order valence-corrected chi connectivity index (χ0v) is 12.6. The molecule has 0 amide bonds. The second-order valence-electron chi connectivity index (χ2n) is 5.76. The van der Waals surface area contributed by atoms with Gasteiger partial charge >= 0.3 is 5.97 Å². The fraction of sp³-hybridized carbons (Fsp3) is 0.714. The molecule has 0 bridgehead atoms. The van der Waals surface area contributed by atoms with Crippen molar-refractivity contribution in [1.82, 2.24) is 14.5 Å². The van der Waals surface area contributed by atoms with E-state index in [-0.39, 0.29) is 5.75 Å². The second kappa shape index (κ2) is 5.77. The number of carboxylic acid groups (broad SMARTS) is 1. The highest BCUT2D eigenvalue weighted by atomic mass is 32.2. The molecule has 2 aliphatic heterocycles. The average Bonchev–Trinajstić information content (AvgIpc) is 3.01. The van der Waals surface area contributed by atoms with Crippen molar-refractivity contribution in [2.24, 2.45) is 0 Å². The lowest BCUT2D eigenvalue weighted by molar-refractivity contribution is -0.133. The third-order valence-corrected chi connectivity index (χ3v) is 5.28. The third-order valence-electron chi connectivity index (χ3n) is 4.33. The number of aryl methyl sites for hydroxylation is 1. The van der Waals surface area contributed by atoms with E-state index in [9.17, 15) is 4.79 Å². The topological polar surface area (TPSA) is 58.4 Å². The van der Waals surface area contributed by atoms with Crippen LogP contribution in [0.15, 0.2) is 11.4 Å². The Balaban J connectivity index is 1.74. The summed E-state index contributed by atoms with van der Waals surface area (Å²) >= 11 is 1.33. The Hall–Kier alpha value is -1.01. The van der Waals surface area contributed by atoms with E-state index in [0.29, 0.717) is 12.1 Å². The lowest BCUT2D eigenvalue weighted by Crippen LogP contribution is -2.38. The van der Waals surface area contributed by atoms with Gasteiger partial charge in [0, 0.05) is 24.8 Å². The largest absolute Gasteiger partial charge is 0.481 e. The summed E-state index contributed by atoms with van der Waals surface area (Å²) in [5, 5.41) is 9.70. The number of thioether (sulfide) groups is 1. The first-order valence-corrected chi connectivity index (χ1v) is 8.26. The minimum absolute atomic E-state index is 0.0821. The average molecular weight is 295 g/mol. The highest BCUT2D eigenvalue weighted by molar-refractivity contribution is 7.99. The molecule has 0 aliphatic carbocycles. The van der Waals surface area contributed by atoms with Gasteiger partial charge in [0.2, 0.25) is 0 Å². The predicted octanol–water partition coefficient (Wildman–Crippen LogP) is 2.17. The van der Waals surface area contributed by atoms with Crippen LogP contribution >= 0.6 is 11.8 Å². The second-order valence-corrected chi connectivity index (χ2v) is 6.71. The van der Waals surface area contributed by atoms with Crippen LogP contribution in [-0.4, -0.2) is 50.4 Å². The number of carboxylic acids is 1. The molecular weight excluding hydrogens is 274 g/mol. The van der Waals surface area contributed by atoms with Crippen LogP contribution in [-0.2, 0) is 4.79 Å². The third kappa shape index (κ3) is 2.86. The first-order chi connectivity index (χ1) is 9.63. The number of piperidine rings is 1. The van der Waals surface area contributed by atoms with Crippen LogP contribution in [0.2, 0.25) is 0 Å². The number of carbonyl (C=O) groups is 1. The van der Waals surface area contributed by atoms with Crippen molar-refractivity contribution in [1.29, 1.82) is 0 Å². The molecule has 5 nitrogen and oxygen atoms in total.